The lowest BCUT2D eigenvalue weighted by Crippen LogP contribution is -2.54. The summed E-state index contributed by atoms with van der Waals surface area (Å²) in [4.78, 5) is 16.0. The number of carbonyl (C=O) groups excluding carboxylic acids is 1. The fourth-order valence-electron chi connectivity index (χ4n) is 3.09. The molecule has 5 heteroatoms. The van der Waals surface area contributed by atoms with Crippen molar-refractivity contribution in [1.82, 2.24) is 9.80 Å². The number of alkyl halides is 2. The molecule has 0 saturated carbocycles. The van der Waals surface area contributed by atoms with Crippen LogP contribution in [-0.4, -0.2) is 47.4 Å². The number of hydrogen-bond donors (Lipinski definition) is 0. The number of halogens is 2. The van der Waals surface area contributed by atoms with Gasteiger partial charge >= 0.3 is 6.03 Å². The van der Waals surface area contributed by atoms with Gasteiger partial charge in [0.25, 0.3) is 5.92 Å². The molecule has 0 N–H and O–H groups in total. The molecule has 1 unspecified atom stereocenters. The van der Waals surface area contributed by atoms with Crippen molar-refractivity contribution in [2.75, 3.05) is 19.6 Å². The van der Waals surface area contributed by atoms with Crippen molar-refractivity contribution in [3.63, 3.8) is 0 Å². The highest BCUT2D eigenvalue weighted by atomic mass is 19.3. The predicted molar refractivity (Wildman–Crippen MR) is 70.3 cm³/mol. The summed E-state index contributed by atoms with van der Waals surface area (Å²) in [6.45, 7) is 5.40. The molecular weight excluding hydrogens is 250 g/mol. The Morgan fingerprint density at radius 2 is 1.79 bits per heavy atom. The van der Waals surface area contributed by atoms with Crippen molar-refractivity contribution < 1.29 is 13.6 Å². The third-order valence-electron chi connectivity index (χ3n) is 4.33. The van der Waals surface area contributed by atoms with Gasteiger partial charge in [-0.1, -0.05) is 13.8 Å². The topological polar surface area (TPSA) is 23.6 Å². The average molecular weight is 274 g/mol. The van der Waals surface area contributed by atoms with Crippen LogP contribution >= 0.6 is 0 Å². The molecule has 110 valence electrons. The maximum Gasteiger partial charge on any atom is 0.320 e. The minimum absolute atomic E-state index is 0.0334. The second-order valence-electron chi connectivity index (χ2n) is 6.13. The van der Waals surface area contributed by atoms with E-state index < -0.39 is 5.92 Å². The van der Waals surface area contributed by atoms with Crippen molar-refractivity contribution in [3.8, 4) is 0 Å². The predicted octanol–water partition coefficient (Wildman–Crippen LogP) is 3.35. The fourth-order valence-corrected chi connectivity index (χ4v) is 3.09. The van der Waals surface area contributed by atoms with E-state index >= 15 is 0 Å². The number of carbonyl (C=O) groups is 1. The SMILES string of the molecule is CC(C)C1CCCCN1C(=O)N1CCC(F)(F)CC1. The first-order chi connectivity index (χ1) is 8.91. The normalized spacial score (nSPS) is 27.7. The van der Waals surface area contributed by atoms with Crippen molar-refractivity contribution in [2.24, 2.45) is 5.92 Å². The highest BCUT2D eigenvalue weighted by molar-refractivity contribution is 5.75. The minimum Gasteiger partial charge on any atom is -0.324 e. The summed E-state index contributed by atoms with van der Waals surface area (Å²) in [6, 6.07) is 0.234. The third kappa shape index (κ3) is 3.37. The molecular formula is C14H24F2N2O. The van der Waals surface area contributed by atoms with Crippen LogP contribution in [0.1, 0.15) is 46.0 Å². The van der Waals surface area contributed by atoms with Crippen LogP contribution in [0.5, 0.6) is 0 Å². The lowest BCUT2D eigenvalue weighted by Gasteiger charge is -2.42. The maximum absolute atomic E-state index is 13.1. The van der Waals surface area contributed by atoms with Crippen LogP contribution in [0.2, 0.25) is 0 Å². The van der Waals surface area contributed by atoms with Crippen LogP contribution < -0.4 is 0 Å². The van der Waals surface area contributed by atoms with E-state index in [2.05, 4.69) is 13.8 Å². The lowest BCUT2D eigenvalue weighted by atomic mass is 9.93. The Morgan fingerprint density at radius 3 is 2.37 bits per heavy atom. The molecule has 0 spiro atoms. The van der Waals surface area contributed by atoms with E-state index in [0.29, 0.717) is 5.92 Å². The largest absolute Gasteiger partial charge is 0.324 e. The van der Waals surface area contributed by atoms with E-state index in [0.717, 1.165) is 25.8 Å². The van der Waals surface area contributed by atoms with Gasteiger partial charge in [-0.2, -0.15) is 0 Å². The van der Waals surface area contributed by atoms with Gasteiger partial charge in [0, 0.05) is 38.5 Å². The molecule has 19 heavy (non-hydrogen) atoms. The highest BCUT2D eigenvalue weighted by Gasteiger charge is 2.38. The van der Waals surface area contributed by atoms with E-state index in [1.54, 1.807) is 4.90 Å². The average Bonchev–Trinajstić information content (AvgIpc) is 2.38. The molecule has 0 bridgehead atoms. The summed E-state index contributed by atoms with van der Waals surface area (Å²) in [5.74, 6) is -2.16. The summed E-state index contributed by atoms with van der Waals surface area (Å²) < 4.78 is 26.3. The van der Waals surface area contributed by atoms with E-state index in [1.165, 1.54) is 0 Å². The molecule has 2 aliphatic rings. The first-order valence-corrected chi connectivity index (χ1v) is 7.34. The smallest absolute Gasteiger partial charge is 0.320 e. The van der Waals surface area contributed by atoms with Crippen molar-refractivity contribution in [3.05, 3.63) is 0 Å². The maximum atomic E-state index is 13.1. The standard InChI is InChI=1S/C14H24F2N2O/c1-11(2)12-5-3-4-8-18(12)13(19)17-9-6-14(15,16)7-10-17/h11-12H,3-10H2,1-2H3. The zero-order chi connectivity index (χ0) is 14.0. The van der Waals surface area contributed by atoms with Gasteiger partial charge in [0.15, 0.2) is 0 Å². The second-order valence-corrected chi connectivity index (χ2v) is 6.13. The molecule has 3 nitrogen and oxygen atoms in total. The number of likely N-dealkylation sites (tertiary alicyclic amines) is 2. The first kappa shape index (κ1) is 14.5. The van der Waals surface area contributed by atoms with Gasteiger partial charge in [-0.25, -0.2) is 13.6 Å². The Bertz CT molecular complexity index is 323. The van der Waals surface area contributed by atoms with E-state index in [-0.39, 0.29) is 38.0 Å². The van der Waals surface area contributed by atoms with Gasteiger partial charge in [0.05, 0.1) is 0 Å². The molecule has 0 aromatic carbocycles. The molecule has 2 aliphatic heterocycles. The van der Waals surface area contributed by atoms with E-state index in [4.69, 9.17) is 0 Å². The quantitative estimate of drug-likeness (QED) is 0.719. The Labute approximate surface area is 113 Å². The molecule has 2 heterocycles. The molecule has 1 atom stereocenters. The molecule has 2 amide bonds. The Balaban J connectivity index is 1.98. The number of urea groups is 1. The fraction of sp³-hybridized carbons (Fsp3) is 0.929. The summed E-state index contributed by atoms with van der Waals surface area (Å²) in [5, 5.41) is 0. The van der Waals surface area contributed by atoms with Gasteiger partial charge in [-0.05, 0) is 25.2 Å². The molecule has 0 aliphatic carbocycles. The van der Waals surface area contributed by atoms with Crippen LogP contribution in [-0.2, 0) is 0 Å². The molecule has 2 rings (SSSR count). The van der Waals surface area contributed by atoms with Crippen molar-refractivity contribution in [2.45, 2.75) is 57.9 Å². The number of hydrogen-bond acceptors (Lipinski definition) is 1. The Hall–Kier alpha value is -0.870. The lowest BCUT2D eigenvalue weighted by molar-refractivity contribution is -0.0508. The Kier molecular flexibility index (Phi) is 4.31. The van der Waals surface area contributed by atoms with Gasteiger partial charge in [-0.3, -0.25) is 0 Å². The number of piperidine rings is 2. The van der Waals surface area contributed by atoms with Crippen LogP contribution in [0.4, 0.5) is 13.6 Å². The monoisotopic (exact) mass is 274 g/mol. The summed E-state index contributed by atoms with van der Waals surface area (Å²) >= 11 is 0. The number of rotatable bonds is 1. The van der Waals surface area contributed by atoms with Gasteiger partial charge in [-0.15, -0.1) is 0 Å². The molecule has 0 radical (unpaired) electrons. The summed E-state index contributed by atoms with van der Waals surface area (Å²) in [7, 11) is 0. The second kappa shape index (κ2) is 5.63. The minimum atomic E-state index is -2.59. The third-order valence-corrected chi connectivity index (χ3v) is 4.33. The van der Waals surface area contributed by atoms with Crippen molar-refractivity contribution in [1.29, 1.82) is 0 Å². The zero-order valence-electron chi connectivity index (χ0n) is 11.9. The number of amides is 2. The van der Waals surface area contributed by atoms with E-state index in [1.807, 2.05) is 4.90 Å². The molecule has 0 aromatic heterocycles. The van der Waals surface area contributed by atoms with Crippen LogP contribution in [0.15, 0.2) is 0 Å². The van der Waals surface area contributed by atoms with Gasteiger partial charge in [0.2, 0.25) is 0 Å². The molecule has 2 saturated heterocycles. The summed E-state index contributed by atoms with van der Waals surface area (Å²) in [5.41, 5.74) is 0. The number of nitrogens with zero attached hydrogens (tertiary/aromatic N) is 2. The van der Waals surface area contributed by atoms with Crippen molar-refractivity contribution >= 4 is 6.03 Å². The van der Waals surface area contributed by atoms with Gasteiger partial charge in [0.1, 0.15) is 0 Å². The zero-order valence-corrected chi connectivity index (χ0v) is 11.9. The highest BCUT2D eigenvalue weighted by Crippen LogP contribution is 2.30. The summed E-state index contributed by atoms with van der Waals surface area (Å²) in [6.07, 6.45) is 2.83. The van der Waals surface area contributed by atoms with E-state index in [9.17, 15) is 13.6 Å². The van der Waals surface area contributed by atoms with Gasteiger partial charge < -0.3 is 9.80 Å². The molecule has 0 aromatic rings. The van der Waals surface area contributed by atoms with Crippen LogP contribution in [0.3, 0.4) is 0 Å². The first-order valence-electron chi connectivity index (χ1n) is 7.34. The van der Waals surface area contributed by atoms with Crippen LogP contribution in [0.25, 0.3) is 0 Å². The Morgan fingerprint density at radius 1 is 1.16 bits per heavy atom. The van der Waals surface area contributed by atoms with Crippen LogP contribution in [0, 0.1) is 5.92 Å². The molecule has 2 fully saturated rings.